The molecule has 1 aliphatic heterocycles. The first-order chi connectivity index (χ1) is 15.5. The Balaban J connectivity index is 1.67. The Labute approximate surface area is 187 Å². The van der Waals surface area contributed by atoms with E-state index in [-0.39, 0.29) is 12.4 Å². The molecule has 1 aliphatic carbocycles. The maximum absolute atomic E-state index is 13.3. The van der Waals surface area contributed by atoms with Crippen LogP contribution in [0.5, 0.6) is 11.5 Å². The summed E-state index contributed by atoms with van der Waals surface area (Å²) in [5.41, 5.74) is 4.42. The number of methoxy groups -OCH3 is 2. The first-order valence-corrected chi connectivity index (χ1v) is 10.7. The van der Waals surface area contributed by atoms with E-state index in [4.69, 9.17) is 14.2 Å². The lowest BCUT2D eigenvalue weighted by Crippen LogP contribution is -2.34. The number of hydrogen-bond acceptors (Lipinski definition) is 6. The van der Waals surface area contributed by atoms with Crippen LogP contribution in [-0.4, -0.2) is 26.0 Å². The van der Waals surface area contributed by atoms with Crippen molar-refractivity contribution in [2.45, 2.75) is 38.7 Å². The smallest absolute Gasteiger partial charge is 0.337 e. The molecule has 2 aromatic rings. The van der Waals surface area contributed by atoms with Gasteiger partial charge in [-0.3, -0.25) is 4.79 Å². The van der Waals surface area contributed by atoms with E-state index in [1.807, 2.05) is 55.5 Å². The third-order valence-electron chi connectivity index (χ3n) is 5.95. The van der Waals surface area contributed by atoms with Gasteiger partial charge >= 0.3 is 5.97 Å². The van der Waals surface area contributed by atoms with Crippen LogP contribution in [0.15, 0.2) is 71.1 Å². The Hall–Kier alpha value is -3.54. The van der Waals surface area contributed by atoms with Crippen LogP contribution in [0.4, 0.5) is 0 Å². The second kappa shape index (κ2) is 9.30. The van der Waals surface area contributed by atoms with E-state index in [2.05, 4.69) is 5.32 Å². The van der Waals surface area contributed by atoms with E-state index in [1.54, 1.807) is 14.2 Å². The first kappa shape index (κ1) is 21.7. The predicted octanol–water partition coefficient (Wildman–Crippen LogP) is 4.42. The van der Waals surface area contributed by atoms with Crippen molar-refractivity contribution in [2.24, 2.45) is 0 Å². The number of carbonyl (C=O) groups is 2. The number of carbonyl (C=O) groups excluding carboxylic acids is 2. The summed E-state index contributed by atoms with van der Waals surface area (Å²) in [5, 5.41) is 3.31. The third-order valence-corrected chi connectivity index (χ3v) is 5.95. The highest BCUT2D eigenvalue weighted by atomic mass is 16.5. The minimum absolute atomic E-state index is 0.0690. The van der Waals surface area contributed by atoms with Gasteiger partial charge in [-0.15, -0.1) is 0 Å². The van der Waals surface area contributed by atoms with Gasteiger partial charge < -0.3 is 19.5 Å². The van der Waals surface area contributed by atoms with Crippen molar-refractivity contribution >= 4 is 11.8 Å². The van der Waals surface area contributed by atoms with Crippen molar-refractivity contribution in [3.63, 3.8) is 0 Å². The van der Waals surface area contributed by atoms with Gasteiger partial charge in [-0.05, 0) is 55.2 Å². The fourth-order valence-corrected chi connectivity index (χ4v) is 4.36. The normalized spacial score (nSPS) is 18.1. The van der Waals surface area contributed by atoms with Crippen molar-refractivity contribution in [3.8, 4) is 11.5 Å². The fraction of sp³-hybridized carbons (Fsp3) is 0.308. The second-order valence-corrected chi connectivity index (χ2v) is 7.97. The van der Waals surface area contributed by atoms with Gasteiger partial charge in [0.05, 0.1) is 19.8 Å². The van der Waals surface area contributed by atoms with Crippen molar-refractivity contribution in [1.82, 2.24) is 5.32 Å². The molecule has 1 atom stereocenters. The number of ether oxygens (including phenoxy) is 3. The highest BCUT2D eigenvalue weighted by Crippen LogP contribution is 2.43. The predicted molar refractivity (Wildman–Crippen MR) is 120 cm³/mol. The highest BCUT2D eigenvalue weighted by molar-refractivity contribution is 6.03. The van der Waals surface area contributed by atoms with E-state index in [9.17, 15) is 9.59 Å². The number of allylic oxidation sites excluding steroid dienone is 3. The molecule has 1 N–H and O–H groups in total. The molecule has 0 radical (unpaired) electrons. The number of ketones is 1. The lowest BCUT2D eigenvalue weighted by atomic mass is 9.75. The summed E-state index contributed by atoms with van der Waals surface area (Å²) < 4.78 is 16.3. The number of rotatable bonds is 6. The zero-order chi connectivity index (χ0) is 22.7. The van der Waals surface area contributed by atoms with Gasteiger partial charge in [0.15, 0.2) is 5.78 Å². The van der Waals surface area contributed by atoms with Crippen molar-refractivity contribution in [3.05, 3.63) is 82.2 Å². The molecular formula is C26H27NO5. The van der Waals surface area contributed by atoms with E-state index in [1.165, 1.54) is 0 Å². The average Bonchev–Trinajstić information content (AvgIpc) is 2.82. The molecule has 166 valence electrons. The summed E-state index contributed by atoms with van der Waals surface area (Å²) in [5.74, 6) is 0.555. The summed E-state index contributed by atoms with van der Waals surface area (Å²) >= 11 is 0. The van der Waals surface area contributed by atoms with Crippen LogP contribution in [0.2, 0.25) is 0 Å². The van der Waals surface area contributed by atoms with Gasteiger partial charge in [0.25, 0.3) is 0 Å². The maximum Gasteiger partial charge on any atom is 0.337 e. The molecule has 0 saturated carbocycles. The molecule has 2 aliphatic rings. The molecule has 0 unspecified atom stereocenters. The van der Waals surface area contributed by atoms with Crippen LogP contribution in [0.3, 0.4) is 0 Å². The number of nitrogens with one attached hydrogen (secondary N) is 1. The summed E-state index contributed by atoms with van der Waals surface area (Å²) in [6, 6.07) is 14.9. The number of benzene rings is 2. The number of Topliss-reactive ketones (excluding diaryl/α,β-unsaturated/α-hetero) is 1. The lowest BCUT2D eigenvalue weighted by molar-refractivity contribution is -0.140. The fourth-order valence-electron chi connectivity index (χ4n) is 4.36. The monoisotopic (exact) mass is 433 g/mol. The standard InChI is InChI=1S/C26H27NO5/c1-16-23(26(29)32-15-17-10-12-19(30-2)13-11-17)24(18-6-4-7-20(14-18)31-3)25-21(27-16)8-5-9-22(25)28/h4,6-7,10-14,24,27H,5,8-9,15H2,1-3H3/t24-/m0/s1. The second-order valence-electron chi connectivity index (χ2n) is 7.97. The van der Waals surface area contributed by atoms with Crippen LogP contribution in [-0.2, 0) is 20.9 Å². The topological polar surface area (TPSA) is 73.9 Å². The van der Waals surface area contributed by atoms with Crippen LogP contribution in [0.1, 0.15) is 43.2 Å². The Bertz CT molecular complexity index is 1100. The highest BCUT2D eigenvalue weighted by Gasteiger charge is 2.39. The van der Waals surface area contributed by atoms with Gasteiger partial charge in [-0.1, -0.05) is 24.3 Å². The molecule has 0 aromatic heterocycles. The first-order valence-electron chi connectivity index (χ1n) is 10.7. The van der Waals surface area contributed by atoms with E-state index >= 15 is 0 Å². The van der Waals surface area contributed by atoms with Gasteiger partial charge in [0.2, 0.25) is 0 Å². The van der Waals surface area contributed by atoms with Gasteiger partial charge in [0, 0.05) is 29.3 Å². The third kappa shape index (κ3) is 4.26. The minimum Gasteiger partial charge on any atom is -0.497 e. The molecule has 0 fully saturated rings. The number of hydrogen-bond donors (Lipinski definition) is 1. The van der Waals surface area contributed by atoms with Gasteiger partial charge in [-0.25, -0.2) is 4.79 Å². The Kier molecular flexibility index (Phi) is 6.30. The molecule has 0 spiro atoms. The van der Waals surface area contributed by atoms with E-state index in [0.717, 1.165) is 35.4 Å². The Morgan fingerprint density at radius 2 is 1.78 bits per heavy atom. The SMILES string of the molecule is COc1ccc(COC(=O)C2=C(C)NC3=C(C(=O)CCC3)[C@H]2c2cccc(OC)c2)cc1. The average molecular weight is 434 g/mol. The Morgan fingerprint density at radius 3 is 2.50 bits per heavy atom. The summed E-state index contributed by atoms with van der Waals surface area (Å²) in [6.45, 7) is 1.99. The van der Waals surface area contributed by atoms with Gasteiger partial charge in [0.1, 0.15) is 18.1 Å². The molecular weight excluding hydrogens is 406 g/mol. The van der Waals surface area contributed by atoms with Crippen molar-refractivity contribution < 1.29 is 23.8 Å². The van der Waals surface area contributed by atoms with Crippen LogP contribution < -0.4 is 14.8 Å². The lowest BCUT2D eigenvalue weighted by Gasteiger charge is -2.34. The van der Waals surface area contributed by atoms with Crippen molar-refractivity contribution in [1.29, 1.82) is 0 Å². The molecule has 6 nitrogen and oxygen atoms in total. The van der Waals surface area contributed by atoms with E-state index < -0.39 is 11.9 Å². The van der Waals surface area contributed by atoms with Crippen LogP contribution >= 0.6 is 0 Å². The largest absolute Gasteiger partial charge is 0.497 e. The zero-order valence-corrected chi connectivity index (χ0v) is 18.6. The molecule has 0 saturated heterocycles. The Morgan fingerprint density at radius 1 is 1.03 bits per heavy atom. The van der Waals surface area contributed by atoms with Crippen LogP contribution in [0.25, 0.3) is 0 Å². The summed E-state index contributed by atoms with van der Waals surface area (Å²) in [6.07, 6.45) is 2.07. The quantitative estimate of drug-likeness (QED) is 0.680. The molecule has 0 amide bonds. The molecule has 0 bridgehead atoms. The minimum atomic E-state index is -0.488. The molecule has 2 aromatic carbocycles. The zero-order valence-electron chi connectivity index (χ0n) is 18.6. The molecule has 1 heterocycles. The molecule has 6 heteroatoms. The van der Waals surface area contributed by atoms with Crippen molar-refractivity contribution in [2.75, 3.05) is 14.2 Å². The maximum atomic E-state index is 13.3. The number of esters is 1. The molecule has 32 heavy (non-hydrogen) atoms. The van der Waals surface area contributed by atoms with Crippen LogP contribution in [0, 0.1) is 0 Å². The summed E-state index contributed by atoms with van der Waals surface area (Å²) in [4.78, 5) is 26.3. The summed E-state index contributed by atoms with van der Waals surface area (Å²) in [7, 11) is 3.21. The number of dihydropyridines is 1. The van der Waals surface area contributed by atoms with Gasteiger partial charge in [-0.2, -0.15) is 0 Å². The van der Waals surface area contributed by atoms with E-state index in [0.29, 0.717) is 29.0 Å². The molecule has 4 rings (SSSR count).